The van der Waals surface area contributed by atoms with Crippen molar-refractivity contribution in [1.82, 2.24) is 15.2 Å². The van der Waals surface area contributed by atoms with Gasteiger partial charge in [0.2, 0.25) is 0 Å². The molecule has 4 nitrogen and oxygen atoms in total. The Morgan fingerprint density at radius 3 is 2.76 bits per heavy atom. The lowest BCUT2D eigenvalue weighted by Gasteiger charge is -2.11. The van der Waals surface area contributed by atoms with E-state index in [1.165, 1.54) is 12.1 Å². The Kier molecular flexibility index (Phi) is 3.19. The van der Waals surface area contributed by atoms with Gasteiger partial charge in [-0.15, -0.1) is 0 Å². The smallest absolute Gasteiger partial charge is 0.181 e. The molecule has 0 aliphatic rings. The van der Waals surface area contributed by atoms with Crippen LogP contribution in [0.5, 0.6) is 0 Å². The molecule has 0 spiro atoms. The van der Waals surface area contributed by atoms with Gasteiger partial charge in [-0.2, -0.15) is 5.10 Å². The van der Waals surface area contributed by atoms with Gasteiger partial charge in [-0.25, -0.2) is 9.37 Å². The van der Waals surface area contributed by atoms with Crippen LogP contribution in [0.3, 0.4) is 0 Å². The van der Waals surface area contributed by atoms with Gasteiger partial charge in [0.15, 0.2) is 5.82 Å². The van der Waals surface area contributed by atoms with Gasteiger partial charge in [-0.05, 0) is 18.1 Å². The van der Waals surface area contributed by atoms with E-state index >= 15 is 0 Å². The van der Waals surface area contributed by atoms with Gasteiger partial charge >= 0.3 is 0 Å². The van der Waals surface area contributed by atoms with E-state index in [4.69, 9.17) is 5.73 Å². The first-order valence-corrected chi connectivity index (χ1v) is 5.51. The molecule has 1 aromatic heterocycles. The van der Waals surface area contributed by atoms with E-state index in [0.29, 0.717) is 17.2 Å². The van der Waals surface area contributed by atoms with Gasteiger partial charge < -0.3 is 5.73 Å². The van der Waals surface area contributed by atoms with Crippen molar-refractivity contribution in [3.8, 4) is 11.4 Å². The molecule has 1 aromatic carbocycles. The normalized spacial score (nSPS) is 13.0. The molecular formula is C12H15FN4. The molecule has 17 heavy (non-hydrogen) atoms. The molecule has 2 aromatic rings. The molecule has 0 aliphatic carbocycles. The van der Waals surface area contributed by atoms with Crippen molar-refractivity contribution in [2.24, 2.45) is 11.7 Å². The molecule has 1 atom stereocenters. The molecule has 3 N–H and O–H groups in total. The standard InChI is InChI=1S/C12H15FN4/c1-7(2)10(14)12-15-11(16-17-12)8-4-3-5-9(13)6-8/h3-7,10H,14H2,1-2H3,(H,15,16,17). The van der Waals surface area contributed by atoms with Crippen molar-refractivity contribution in [2.45, 2.75) is 19.9 Å². The lowest BCUT2D eigenvalue weighted by molar-refractivity contribution is 0.492. The first-order chi connectivity index (χ1) is 8.08. The minimum Gasteiger partial charge on any atom is -0.321 e. The Morgan fingerprint density at radius 2 is 2.12 bits per heavy atom. The number of nitrogens with one attached hydrogen (secondary N) is 1. The third-order valence-corrected chi connectivity index (χ3v) is 2.62. The zero-order valence-corrected chi connectivity index (χ0v) is 9.81. The summed E-state index contributed by atoms with van der Waals surface area (Å²) < 4.78 is 13.1. The van der Waals surface area contributed by atoms with Crippen LogP contribution in [0.25, 0.3) is 11.4 Å². The van der Waals surface area contributed by atoms with Crippen LogP contribution >= 0.6 is 0 Å². The maximum atomic E-state index is 13.1. The second kappa shape index (κ2) is 4.63. The Hall–Kier alpha value is -1.75. The van der Waals surface area contributed by atoms with Crippen LogP contribution in [-0.2, 0) is 0 Å². The van der Waals surface area contributed by atoms with Crippen molar-refractivity contribution in [2.75, 3.05) is 0 Å². The number of nitrogens with zero attached hydrogens (tertiary/aromatic N) is 2. The Morgan fingerprint density at radius 1 is 1.35 bits per heavy atom. The SMILES string of the molecule is CC(C)C(N)c1nc(-c2cccc(F)c2)n[nH]1. The fourth-order valence-electron chi connectivity index (χ4n) is 1.50. The third-order valence-electron chi connectivity index (χ3n) is 2.62. The van der Waals surface area contributed by atoms with Crippen LogP contribution in [0.4, 0.5) is 4.39 Å². The Labute approximate surface area is 99.1 Å². The van der Waals surface area contributed by atoms with Crippen LogP contribution in [0.15, 0.2) is 24.3 Å². The summed E-state index contributed by atoms with van der Waals surface area (Å²) in [5, 5.41) is 6.84. The summed E-state index contributed by atoms with van der Waals surface area (Å²) >= 11 is 0. The maximum absolute atomic E-state index is 13.1. The summed E-state index contributed by atoms with van der Waals surface area (Å²) in [6, 6.07) is 5.98. The number of halogens is 1. The molecule has 0 bridgehead atoms. The summed E-state index contributed by atoms with van der Waals surface area (Å²) in [4.78, 5) is 4.28. The predicted octanol–water partition coefficient (Wildman–Crippen LogP) is 2.27. The second-order valence-corrected chi connectivity index (χ2v) is 4.32. The van der Waals surface area contributed by atoms with Gasteiger partial charge in [0.1, 0.15) is 11.6 Å². The van der Waals surface area contributed by atoms with Crippen molar-refractivity contribution in [3.05, 3.63) is 35.9 Å². The molecule has 1 heterocycles. The number of aromatic amines is 1. The molecule has 0 aliphatic heterocycles. The van der Waals surface area contributed by atoms with E-state index in [1.54, 1.807) is 12.1 Å². The summed E-state index contributed by atoms with van der Waals surface area (Å²) in [5.74, 6) is 1.06. The number of hydrogen-bond acceptors (Lipinski definition) is 3. The molecule has 2 rings (SSSR count). The van der Waals surface area contributed by atoms with Crippen LogP contribution in [0.2, 0.25) is 0 Å². The Balaban J connectivity index is 2.30. The number of nitrogens with two attached hydrogens (primary N) is 1. The first kappa shape index (κ1) is 11.7. The zero-order valence-electron chi connectivity index (χ0n) is 9.81. The number of rotatable bonds is 3. The Bertz CT molecular complexity index is 507. The van der Waals surface area contributed by atoms with Crippen molar-refractivity contribution in [1.29, 1.82) is 0 Å². The van der Waals surface area contributed by atoms with Gasteiger partial charge in [-0.3, -0.25) is 5.10 Å². The van der Waals surface area contributed by atoms with Crippen LogP contribution in [0.1, 0.15) is 25.7 Å². The lowest BCUT2D eigenvalue weighted by atomic mass is 10.1. The predicted molar refractivity (Wildman–Crippen MR) is 63.5 cm³/mol. The molecule has 90 valence electrons. The molecule has 0 radical (unpaired) electrons. The van der Waals surface area contributed by atoms with Crippen LogP contribution < -0.4 is 5.73 Å². The zero-order chi connectivity index (χ0) is 12.4. The third kappa shape index (κ3) is 2.50. The van der Waals surface area contributed by atoms with E-state index in [-0.39, 0.29) is 17.8 Å². The van der Waals surface area contributed by atoms with E-state index in [9.17, 15) is 4.39 Å². The van der Waals surface area contributed by atoms with E-state index in [1.807, 2.05) is 13.8 Å². The summed E-state index contributed by atoms with van der Waals surface area (Å²) in [7, 11) is 0. The average molecular weight is 234 g/mol. The van der Waals surface area contributed by atoms with E-state index in [2.05, 4.69) is 15.2 Å². The van der Waals surface area contributed by atoms with E-state index in [0.717, 1.165) is 0 Å². The van der Waals surface area contributed by atoms with Crippen LogP contribution in [0, 0.1) is 11.7 Å². The average Bonchev–Trinajstić information content (AvgIpc) is 2.77. The van der Waals surface area contributed by atoms with Gasteiger partial charge in [0.05, 0.1) is 6.04 Å². The van der Waals surface area contributed by atoms with Gasteiger partial charge in [0.25, 0.3) is 0 Å². The van der Waals surface area contributed by atoms with Crippen molar-refractivity contribution >= 4 is 0 Å². The summed E-state index contributed by atoms with van der Waals surface area (Å²) in [6.07, 6.45) is 0. The largest absolute Gasteiger partial charge is 0.321 e. The number of H-pyrrole nitrogens is 1. The second-order valence-electron chi connectivity index (χ2n) is 4.32. The monoisotopic (exact) mass is 234 g/mol. The van der Waals surface area contributed by atoms with Gasteiger partial charge in [0, 0.05) is 5.56 Å². The minimum absolute atomic E-state index is 0.190. The molecule has 5 heteroatoms. The summed E-state index contributed by atoms with van der Waals surface area (Å²) in [5.41, 5.74) is 6.59. The maximum Gasteiger partial charge on any atom is 0.181 e. The molecule has 0 saturated carbocycles. The topological polar surface area (TPSA) is 67.6 Å². The molecular weight excluding hydrogens is 219 g/mol. The minimum atomic E-state index is -0.304. The fraction of sp³-hybridized carbons (Fsp3) is 0.333. The molecule has 0 saturated heterocycles. The first-order valence-electron chi connectivity index (χ1n) is 5.51. The van der Waals surface area contributed by atoms with Crippen molar-refractivity contribution in [3.63, 3.8) is 0 Å². The number of hydrogen-bond donors (Lipinski definition) is 2. The highest BCUT2D eigenvalue weighted by Crippen LogP contribution is 2.19. The van der Waals surface area contributed by atoms with E-state index < -0.39 is 0 Å². The van der Waals surface area contributed by atoms with Crippen LogP contribution in [-0.4, -0.2) is 15.2 Å². The molecule has 0 amide bonds. The highest BCUT2D eigenvalue weighted by Gasteiger charge is 2.15. The highest BCUT2D eigenvalue weighted by molar-refractivity contribution is 5.54. The molecule has 0 fully saturated rings. The number of aromatic nitrogens is 3. The lowest BCUT2D eigenvalue weighted by Crippen LogP contribution is -2.18. The number of benzene rings is 1. The molecule has 1 unspecified atom stereocenters. The quantitative estimate of drug-likeness (QED) is 0.856. The fourth-order valence-corrected chi connectivity index (χ4v) is 1.50. The highest BCUT2D eigenvalue weighted by atomic mass is 19.1. The van der Waals surface area contributed by atoms with Crippen molar-refractivity contribution < 1.29 is 4.39 Å². The van der Waals surface area contributed by atoms with Gasteiger partial charge in [-0.1, -0.05) is 26.0 Å². The summed E-state index contributed by atoms with van der Waals surface area (Å²) in [6.45, 7) is 4.02.